The predicted octanol–water partition coefficient (Wildman–Crippen LogP) is 19.3. The van der Waals surface area contributed by atoms with Crippen LogP contribution in [0.3, 0.4) is 0 Å². The smallest absolute Gasteiger partial charge is 0.339 e. The van der Waals surface area contributed by atoms with Gasteiger partial charge >= 0.3 is 29.8 Å². The molecule has 4 heterocycles. The predicted molar refractivity (Wildman–Crippen MR) is 563 cm³/mol. The minimum atomic E-state index is -1.22. The van der Waals surface area contributed by atoms with Crippen LogP contribution in [0, 0.1) is 23.7 Å². The number of likely N-dealkylation sites (N-methyl/N-ethyl adjacent to an activating group) is 3. The number of anilines is 4. The van der Waals surface area contributed by atoms with Gasteiger partial charge in [0, 0.05) is 151 Å². The molecule has 8 aromatic rings. The zero-order valence-electron chi connectivity index (χ0n) is 86.3. The van der Waals surface area contributed by atoms with Crippen LogP contribution < -0.4 is 19.6 Å². The molecule has 750 valence electrons. The quantitative estimate of drug-likeness (QED) is 0.0206. The van der Waals surface area contributed by atoms with Crippen LogP contribution in [0.2, 0.25) is 0 Å². The largest absolute Gasteiger partial charge is 0.507 e. The Morgan fingerprint density at radius 3 is 1.01 bits per heavy atom. The van der Waals surface area contributed by atoms with Gasteiger partial charge in [-0.3, -0.25) is 14.5 Å². The highest BCUT2D eigenvalue weighted by molar-refractivity contribution is 6.08. The first-order valence-corrected chi connectivity index (χ1v) is 50.0. The normalized spacial score (nSPS) is 19.9. The van der Waals surface area contributed by atoms with Crippen molar-refractivity contribution in [3.05, 3.63) is 263 Å². The van der Waals surface area contributed by atoms with Crippen molar-refractivity contribution in [3.8, 4) is 29.4 Å². The van der Waals surface area contributed by atoms with E-state index in [1.807, 2.05) is 12.1 Å². The molecule has 0 spiro atoms. The molecule has 4 saturated heterocycles. The van der Waals surface area contributed by atoms with E-state index < -0.39 is 48.2 Å². The van der Waals surface area contributed by atoms with Crippen molar-refractivity contribution in [3.63, 3.8) is 0 Å². The van der Waals surface area contributed by atoms with Crippen LogP contribution in [0.15, 0.2) is 152 Å². The Morgan fingerprint density at radius 2 is 0.652 bits per heavy atom. The number of benzene rings is 8. The highest BCUT2D eigenvalue weighted by Gasteiger charge is 2.46. The average Bonchev–Trinajstić information content (AvgIpc) is 0.743. The second-order valence-corrected chi connectivity index (χ2v) is 45.3. The molecule has 16 rings (SSSR count). The molecule has 0 radical (unpaired) electrons. The van der Waals surface area contributed by atoms with Gasteiger partial charge in [0.25, 0.3) is 0 Å². The number of ketones is 1. The van der Waals surface area contributed by atoms with E-state index in [-0.39, 0.29) is 83.5 Å². The standard InChI is InChI=1S/C31H38N2O6.C29H38N2O3.2C29H36N2O3/c1-30(2)10-11-31(3,4)28-23(30)18-21(19-24(28)33-15-13-32(14-16-33)12-9-27(36)37)25(34)8-6-20-5-7-22(29(38)39)26(35)17-20;3*1-28(2)12-13-29(3,4)26-23(28)18-22(19-24(26)31-16-14-30(5)15-17-31)25(32)11-8-20-6-9-21(10-7-20)27(33)34/h5,7,17-19,25,34-35H,9-16H2,1-4H3,(H,36,37)(H,38,39);6-11,18-19,25,32H,12-17H2,1-5H3,(H,33,34);6-7,9-10,18-19,25,32H,12-17H2,1-5H3,(H,33,34);6-11,18-19H,12-17H2,1-5H3,(H,33,34). The van der Waals surface area contributed by atoms with E-state index in [4.69, 9.17) is 25.5 Å². The molecular formula is C118H148N8O15. The summed E-state index contributed by atoms with van der Waals surface area (Å²) in [6, 6.07) is 40.9. The van der Waals surface area contributed by atoms with Crippen molar-refractivity contribution >= 4 is 70.5 Å². The van der Waals surface area contributed by atoms with E-state index in [1.165, 1.54) is 91.9 Å². The number of rotatable bonds is 19. The van der Waals surface area contributed by atoms with Crippen molar-refractivity contribution in [2.24, 2.45) is 0 Å². The van der Waals surface area contributed by atoms with Crippen LogP contribution in [0.25, 0.3) is 12.2 Å². The Bertz CT molecular complexity index is 6140. The van der Waals surface area contributed by atoms with Crippen LogP contribution >= 0.6 is 0 Å². The third-order valence-electron chi connectivity index (χ3n) is 31.1. The Kier molecular flexibility index (Phi) is 32.5. The first kappa shape index (κ1) is 106. The molecule has 0 aromatic heterocycles. The van der Waals surface area contributed by atoms with E-state index in [0.29, 0.717) is 23.2 Å². The Balaban J connectivity index is 0.000000158. The molecule has 3 unspecified atom stereocenters. The van der Waals surface area contributed by atoms with Crippen LogP contribution in [-0.2, 0) is 48.1 Å². The third kappa shape index (κ3) is 25.2. The molecule has 0 bridgehead atoms. The third-order valence-corrected chi connectivity index (χ3v) is 31.1. The average molecular weight is 1920 g/mol. The fraction of sp³-hybridized carbons (Fsp3) is 0.475. The SMILES string of the molecule is CC1(C)CCC(C)(C)c2c(N3CCN(CCC(=O)O)CC3)cc(C(O)C#Cc3ccc(C(=O)O)c(O)c3)cc21.CN1CCN(c2cc(C(=O)C=Cc3ccc(C(=O)O)cc3)cc3c2C(C)(C)CCC3(C)C)CC1.CN1CCN(c2cc(C(O)C#Cc3ccc(C(=O)O)cc3)cc3c2C(C)(C)CCC3(C)C)CC1.CN1CCN(c2cc(C(O)C=Cc3ccc(C(=O)O)cc3)cc3c2C(C)(C)CCC3(C)C)CC1. The molecule has 9 N–H and O–H groups in total. The first-order chi connectivity index (χ1) is 66.2. The number of allylic oxidation sites excluding steroid dienone is 1. The number of aliphatic hydroxyl groups is 3. The van der Waals surface area contributed by atoms with Gasteiger partial charge in [-0.2, -0.15) is 0 Å². The van der Waals surface area contributed by atoms with Gasteiger partial charge in [0.15, 0.2) is 5.78 Å². The van der Waals surface area contributed by atoms with Gasteiger partial charge in [-0.1, -0.05) is 195 Å². The van der Waals surface area contributed by atoms with Gasteiger partial charge in [0.2, 0.25) is 0 Å². The maximum Gasteiger partial charge on any atom is 0.339 e. The van der Waals surface area contributed by atoms with Gasteiger partial charge in [0.1, 0.15) is 23.5 Å². The maximum absolute atomic E-state index is 13.3. The van der Waals surface area contributed by atoms with E-state index in [2.05, 4.69) is 237 Å². The fourth-order valence-corrected chi connectivity index (χ4v) is 21.3. The van der Waals surface area contributed by atoms with E-state index in [9.17, 15) is 49.2 Å². The molecule has 8 aromatic carbocycles. The minimum Gasteiger partial charge on any atom is -0.507 e. The zero-order chi connectivity index (χ0) is 103. The monoisotopic (exact) mass is 1920 g/mol. The number of aromatic hydroxyl groups is 1. The summed E-state index contributed by atoms with van der Waals surface area (Å²) >= 11 is 0. The van der Waals surface area contributed by atoms with E-state index in [1.54, 1.807) is 78.9 Å². The number of nitrogens with zero attached hydrogens (tertiary/aromatic N) is 8. The molecule has 4 aliphatic carbocycles. The van der Waals surface area contributed by atoms with Gasteiger partial charge in [-0.25, -0.2) is 19.2 Å². The number of aliphatic hydroxyl groups excluding tert-OH is 3. The number of fused-ring (bicyclic) bond motifs is 4. The number of aliphatic carboxylic acids is 1. The van der Waals surface area contributed by atoms with Crippen molar-refractivity contribution in [2.45, 2.75) is 230 Å². The summed E-state index contributed by atoms with van der Waals surface area (Å²) in [6.07, 6.45) is 13.3. The van der Waals surface area contributed by atoms with Crippen LogP contribution in [0.4, 0.5) is 22.7 Å². The lowest BCUT2D eigenvalue weighted by Gasteiger charge is -2.46. The molecule has 3 atom stereocenters. The Morgan fingerprint density at radius 1 is 0.340 bits per heavy atom. The molecule has 8 aliphatic rings. The van der Waals surface area contributed by atoms with Crippen LogP contribution in [0.5, 0.6) is 5.75 Å². The van der Waals surface area contributed by atoms with Crippen molar-refractivity contribution in [1.29, 1.82) is 0 Å². The number of carbonyl (C=O) groups is 6. The van der Waals surface area contributed by atoms with E-state index >= 15 is 0 Å². The summed E-state index contributed by atoms with van der Waals surface area (Å²) < 4.78 is 0. The lowest BCUT2D eigenvalue weighted by Crippen LogP contribution is -2.48. The van der Waals surface area contributed by atoms with Gasteiger partial charge in [-0.15, -0.1) is 0 Å². The fourth-order valence-electron chi connectivity index (χ4n) is 21.3. The molecule has 4 aliphatic heterocycles. The zero-order valence-corrected chi connectivity index (χ0v) is 86.3. The van der Waals surface area contributed by atoms with Crippen molar-refractivity contribution < 1.29 is 74.7 Å². The summed E-state index contributed by atoms with van der Waals surface area (Å²) in [5.74, 6) is 6.49. The summed E-state index contributed by atoms with van der Waals surface area (Å²) in [5, 5.41) is 88.9. The molecule has 4 fully saturated rings. The topological polar surface area (TPSA) is 310 Å². The van der Waals surface area contributed by atoms with Gasteiger partial charge in [0.05, 0.1) is 29.2 Å². The molecule has 23 heteroatoms. The minimum absolute atomic E-state index is 0.0127. The Hall–Kier alpha value is -11.9. The number of carboxylic acid groups (broad SMARTS) is 5. The highest BCUT2D eigenvalue weighted by atomic mass is 16.4. The molecule has 23 nitrogen and oxygen atoms in total. The second-order valence-electron chi connectivity index (χ2n) is 45.3. The van der Waals surface area contributed by atoms with E-state index in [0.717, 1.165) is 190 Å². The molecular weight excluding hydrogens is 1770 g/mol. The number of aromatic carboxylic acids is 4. The number of hydrogen-bond donors (Lipinski definition) is 9. The second kappa shape index (κ2) is 43.1. The lowest BCUT2D eigenvalue weighted by molar-refractivity contribution is -0.137. The molecule has 0 amide bonds. The summed E-state index contributed by atoms with van der Waals surface area (Å²) in [4.78, 5) is 87.8. The summed E-state index contributed by atoms with van der Waals surface area (Å²) in [6.45, 7) is 52.6. The maximum atomic E-state index is 13.3. The molecule has 0 saturated carbocycles. The number of piperazine rings is 4. The highest BCUT2D eigenvalue weighted by Crippen LogP contribution is 2.56. The van der Waals surface area contributed by atoms with Crippen molar-refractivity contribution in [2.75, 3.05) is 152 Å². The van der Waals surface area contributed by atoms with Crippen LogP contribution in [-0.4, -0.2) is 234 Å². The summed E-state index contributed by atoms with van der Waals surface area (Å²) in [5.41, 5.74) is 22.2. The van der Waals surface area contributed by atoms with Gasteiger partial charge in [-0.05, 0) is 291 Å². The lowest BCUT2D eigenvalue weighted by atomic mass is 9.62. The first-order valence-electron chi connectivity index (χ1n) is 50.0. The van der Waals surface area contributed by atoms with Crippen molar-refractivity contribution in [1.82, 2.24) is 19.6 Å². The number of phenols is 1. The number of carboxylic acids is 5. The number of hydrogen-bond acceptors (Lipinski definition) is 18. The molecule has 141 heavy (non-hydrogen) atoms. The summed E-state index contributed by atoms with van der Waals surface area (Å²) in [7, 11) is 6.50. The van der Waals surface area contributed by atoms with Gasteiger partial charge < -0.3 is 80.3 Å². The van der Waals surface area contributed by atoms with Crippen LogP contribution in [0.1, 0.15) is 322 Å². The Labute approximate surface area is 834 Å². The number of carbonyl (C=O) groups excluding carboxylic acids is 1.